The molecule has 0 radical (unpaired) electrons. The molecule has 1 aromatic carbocycles. The van der Waals surface area contributed by atoms with E-state index in [0.717, 1.165) is 24.8 Å². The molecule has 6 nitrogen and oxygen atoms in total. The molecule has 1 aliphatic rings. The van der Waals surface area contributed by atoms with E-state index in [-0.39, 0.29) is 5.92 Å². The lowest BCUT2D eigenvalue weighted by Crippen LogP contribution is -2.11. The fraction of sp³-hybridized carbons (Fsp3) is 0.467. The molecule has 2 atom stereocenters. The van der Waals surface area contributed by atoms with Gasteiger partial charge in [0.2, 0.25) is 11.7 Å². The molecule has 112 valence electrons. The fourth-order valence-electron chi connectivity index (χ4n) is 2.67. The molecule has 0 saturated heterocycles. The van der Waals surface area contributed by atoms with Crippen molar-refractivity contribution < 1.29 is 19.1 Å². The maximum absolute atomic E-state index is 9.92. The van der Waals surface area contributed by atoms with Crippen LogP contribution in [0.25, 0.3) is 11.4 Å². The summed E-state index contributed by atoms with van der Waals surface area (Å²) in [5, 5.41) is 13.9. The molecule has 6 heteroatoms. The Morgan fingerprint density at radius 1 is 1.14 bits per heavy atom. The Morgan fingerprint density at radius 2 is 1.86 bits per heavy atom. The number of rotatable bonds is 4. The third kappa shape index (κ3) is 2.71. The van der Waals surface area contributed by atoms with Crippen LogP contribution in [0.2, 0.25) is 0 Å². The number of hydrogen-bond acceptors (Lipinski definition) is 6. The molecule has 2 unspecified atom stereocenters. The first-order chi connectivity index (χ1) is 10.2. The Kier molecular flexibility index (Phi) is 3.79. The first kappa shape index (κ1) is 13.9. The van der Waals surface area contributed by atoms with Gasteiger partial charge in [0.1, 0.15) is 11.5 Å². The molecule has 0 bridgehead atoms. The molecule has 2 aromatic rings. The summed E-state index contributed by atoms with van der Waals surface area (Å²) < 4.78 is 15.8. The van der Waals surface area contributed by atoms with Crippen LogP contribution in [0.15, 0.2) is 22.7 Å². The number of aliphatic hydroxyl groups excluding tert-OH is 1. The standard InChI is InChI=1S/C15H18N2O4/c1-19-10-6-9(7-11(8-10)20-2)14-16-15(21-17-14)12-4-3-5-13(12)18/h6-8,12-13,18H,3-5H2,1-2H3. The van der Waals surface area contributed by atoms with E-state index in [9.17, 15) is 5.11 Å². The Labute approximate surface area is 122 Å². The summed E-state index contributed by atoms with van der Waals surface area (Å²) in [6.07, 6.45) is 2.26. The third-order valence-electron chi connectivity index (χ3n) is 3.85. The van der Waals surface area contributed by atoms with Crippen molar-refractivity contribution in [2.24, 2.45) is 0 Å². The van der Waals surface area contributed by atoms with Crippen LogP contribution >= 0.6 is 0 Å². The third-order valence-corrected chi connectivity index (χ3v) is 3.85. The van der Waals surface area contributed by atoms with E-state index in [1.54, 1.807) is 20.3 Å². The lowest BCUT2D eigenvalue weighted by Gasteiger charge is -2.08. The van der Waals surface area contributed by atoms with Gasteiger partial charge >= 0.3 is 0 Å². The molecule has 1 N–H and O–H groups in total. The molecule has 0 spiro atoms. The highest BCUT2D eigenvalue weighted by Gasteiger charge is 2.31. The number of aromatic nitrogens is 2. The minimum Gasteiger partial charge on any atom is -0.497 e. The lowest BCUT2D eigenvalue weighted by molar-refractivity contribution is 0.148. The number of hydrogen-bond donors (Lipinski definition) is 1. The second-order valence-electron chi connectivity index (χ2n) is 5.16. The van der Waals surface area contributed by atoms with Crippen molar-refractivity contribution in [3.8, 4) is 22.9 Å². The molecule has 3 rings (SSSR count). The number of methoxy groups -OCH3 is 2. The van der Waals surface area contributed by atoms with Gasteiger partial charge in [-0.1, -0.05) is 5.16 Å². The molecule has 1 aromatic heterocycles. The summed E-state index contributed by atoms with van der Waals surface area (Å²) in [6.45, 7) is 0. The van der Waals surface area contributed by atoms with Crippen LogP contribution in [0, 0.1) is 0 Å². The summed E-state index contributed by atoms with van der Waals surface area (Å²) in [5.74, 6) is 2.24. The van der Waals surface area contributed by atoms with Crippen LogP contribution in [-0.2, 0) is 0 Å². The van der Waals surface area contributed by atoms with Crippen molar-refractivity contribution >= 4 is 0 Å². The second kappa shape index (κ2) is 5.73. The van der Waals surface area contributed by atoms with E-state index < -0.39 is 6.10 Å². The lowest BCUT2D eigenvalue weighted by atomic mass is 10.1. The average molecular weight is 290 g/mol. The van der Waals surface area contributed by atoms with E-state index in [0.29, 0.717) is 23.2 Å². The highest BCUT2D eigenvalue weighted by molar-refractivity contribution is 5.60. The van der Waals surface area contributed by atoms with E-state index >= 15 is 0 Å². The van der Waals surface area contributed by atoms with Crippen LogP contribution in [0.4, 0.5) is 0 Å². The van der Waals surface area contributed by atoms with E-state index in [1.165, 1.54) is 0 Å². The van der Waals surface area contributed by atoms with E-state index in [2.05, 4.69) is 10.1 Å². The largest absolute Gasteiger partial charge is 0.497 e. The Morgan fingerprint density at radius 3 is 2.43 bits per heavy atom. The highest BCUT2D eigenvalue weighted by atomic mass is 16.5. The average Bonchev–Trinajstić information content (AvgIpc) is 3.15. The number of ether oxygens (including phenoxy) is 2. The molecular weight excluding hydrogens is 272 g/mol. The normalized spacial score (nSPS) is 21.5. The SMILES string of the molecule is COc1cc(OC)cc(-c2noc(C3CCCC3O)n2)c1. The van der Waals surface area contributed by atoms with Gasteiger partial charge in [-0.25, -0.2) is 0 Å². The maximum Gasteiger partial charge on any atom is 0.232 e. The van der Waals surface area contributed by atoms with Gasteiger partial charge in [-0.15, -0.1) is 0 Å². The van der Waals surface area contributed by atoms with Crippen LogP contribution in [0.1, 0.15) is 31.1 Å². The van der Waals surface area contributed by atoms with Crippen molar-refractivity contribution in [3.05, 3.63) is 24.1 Å². The van der Waals surface area contributed by atoms with Crippen molar-refractivity contribution in [1.29, 1.82) is 0 Å². The van der Waals surface area contributed by atoms with Gasteiger partial charge in [-0.2, -0.15) is 4.98 Å². The predicted octanol–water partition coefficient (Wildman–Crippen LogP) is 2.38. The Bertz CT molecular complexity index is 604. The van der Waals surface area contributed by atoms with Crippen LogP contribution in [0.3, 0.4) is 0 Å². The van der Waals surface area contributed by atoms with Crippen molar-refractivity contribution in [2.75, 3.05) is 14.2 Å². The molecule has 0 aliphatic heterocycles. The van der Waals surface area contributed by atoms with Gasteiger partial charge in [0.15, 0.2) is 0 Å². The molecule has 1 saturated carbocycles. The van der Waals surface area contributed by atoms with Gasteiger partial charge in [0.05, 0.1) is 26.2 Å². The summed E-state index contributed by atoms with van der Waals surface area (Å²) in [4.78, 5) is 4.41. The summed E-state index contributed by atoms with van der Waals surface area (Å²) in [7, 11) is 3.18. The van der Waals surface area contributed by atoms with E-state index in [4.69, 9.17) is 14.0 Å². The van der Waals surface area contributed by atoms with Gasteiger partial charge in [0.25, 0.3) is 0 Å². The predicted molar refractivity (Wildman–Crippen MR) is 75.4 cm³/mol. The molecule has 1 fully saturated rings. The van der Waals surface area contributed by atoms with Gasteiger partial charge in [0, 0.05) is 11.6 Å². The Hall–Kier alpha value is -2.08. The van der Waals surface area contributed by atoms with Crippen molar-refractivity contribution in [1.82, 2.24) is 10.1 Å². The molecule has 1 aliphatic carbocycles. The topological polar surface area (TPSA) is 77.6 Å². The first-order valence-corrected chi connectivity index (χ1v) is 6.96. The van der Waals surface area contributed by atoms with Gasteiger partial charge < -0.3 is 19.1 Å². The van der Waals surface area contributed by atoms with Gasteiger partial charge in [-0.3, -0.25) is 0 Å². The number of aliphatic hydroxyl groups is 1. The smallest absolute Gasteiger partial charge is 0.232 e. The molecular formula is C15H18N2O4. The first-order valence-electron chi connectivity index (χ1n) is 6.96. The maximum atomic E-state index is 9.92. The van der Waals surface area contributed by atoms with Crippen molar-refractivity contribution in [2.45, 2.75) is 31.3 Å². The van der Waals surface area contributed by atoms with Crippen LogP contribution in [-0.4, -0.2) is 35.6 Å². The zero-order valence-electron chi connectivity index (χ0n) is 12.1. The minimum absolute atomic E-state index is 0.0567. The van der Waals surface area contributed by atoms with E-state index in [1.807, 2.05) is 12.1 Å². The Balaban J connectivity index is 1.92. The number of nitrogens with zero attached hydrogens (tertiary/aromatic N) is 2. The summed E-state index contributed by atoms with van der Waals surface area (Å²) in [5.41, 5.74) is 0.758. The second-order valence-corrected chi connectivity index (χ2v) is 5.16. The molecule has 21 heavy (non-hydrogen) atoms. The monoisotopic (exact) mass is 290 g/mol. The zero-order valence-corrected chi connectivity index (χ0v) is 12.1. The van der Waals surface area contributed by atoms with Crippen LogP contribution in [0.5, 0.6) is 11.5 Å². The summed E-state index contributed by atoms with van der Waals surface area (Å²) >= 11 is 0. The fourth-order valence-corrected chi connectivity index (χ4v) is 2.67. The van der Waals surface area contributed by atoms with Gasteiger partial charge in [-0.05, 0) is 31.4 Å². The highest BCUT2D eigenvalue weighted by Crippen LogP contribution is 2.35. The number of benzene rings is 1. The molecule has 1 heterocycles. The quantitative estimate of drug-likeness (QED) is 0.931. The molecule has 0 amide bonds. The van der Waals surface area contributed by atoms with Crippen LogP contribution < -0.4 is 9.47 Å². The summed E-state index contributed by atoms with van der Waals surface area (Å²) in [6, 6.07) is 5.43. The minimum atomic E-state index is -0.391. The van der Waals surface area contributed by atoms with Crippen molar-refractivity contribution in [3.63, 3.8) is 0 Å². The zero-order chi connectivity index (χ0) is 14.8.